The van der Waals surface area contributed by atoms with Gasteiger partial charge in [0.1, 0.15) is 6.29 Å². The second-order valence-electron chi connectivity index (χ2n) is 1.74. The molecule has 0 aliphatic carbocycles. The molecule has 54 valence electrons. The minimum Gasteiger partial charge on any atom is -0.299 e. The zero-order valence-corrected chi connectivity index (χ0v) is 6.16. The molecule has 1 heteroatoms. The standard InChI is InChI=1S/C9H12O/c1-2-3-4-5-6-7-8-9-10/h3-9H,2H2,1H3/b4-3-,6-5-,8-7+. The smallest absolute Gasteiger partial charge is 0.142 e. The molecule has 0 unspecified atom stereocenters. The molecule has 10 heavy (non-hydrogen) atoms. The molecule has 0 bridgehead atoms. The van der Waals surface area contributed by atoms with Gasteiger partial charge in [0.25, 0.3) is 0 Å². The number of rotatable bonds is 4. The minimum atomic E-state index is 0.758. The maximum absolute atomic E-state index is 9.76. The van der Waals surface area contributed by atoms with E-state index in [0.29, 0.717) is 0 Å². The van der Waals surface area contributed by atoms with Crippen molar-refractivity contribution >= 4 is 6.29 Å². The molecule has 1 nitrogen and oxygen atoms in total. The zero-order chi connectivity index (χ0) is 7.66. The van der Waals surface area contributed by atoms with Crippen molar-refractivity contribution in [1.29, 1.82) is 0 Å². The third-order valence-electron chi connectivity index (χ3n) is 0.895. The fraction of sp³-hybridized carbons (Fsp3) is 0.222. The fourth-order valence-corrected chi connectivity index (χ4v) is 0.452. The summed E-state index contributed by atoms with van der Waals surface area (Å²) in [4.78, 5) is 9.76. The number of hydrogen-bond acceptors (Lipinski definition) is 1. The Kier molecular flexibility index (Phi) is 7.01. The first kappa shape index (κ1) is 8.89. The van der Waals surface area contributed by atoms with Crippen LogP contribution in [0.3, 0.4) is 0 Å². The average Bonchev–Trinajstić information content (AvgIpc) is 1.97. The van der Waals surface area contributed by atoms with Crippen LogP contribution in [-0.4, -0.2) is 6.29 Å². The van der Waals surface area contributed by atoms with Crippen molar-refractivity contribution < 1.29 is 4.79 Å². The van der Waals surface area contributed by atoms with Crippen LogP contribution in [0, 0.1) is 0 Å². The lowest BCUT2D eigenvalue weighted by atomic mass is 10.4. The molecule has 0 aromatic carbocycles. The highest BCUT2D eigenvalue weighted by atomic mass is 16.1. The molecule has 0 amide bonds. The normalized spacial score (nSPS) is 12.1. The van der Waals surface area contributed by atoms with E-state index in [9.17, 15) is 4.79 Å². The monoisotopic (exact) mass is 136 g/mol. The first-order valence-corrected chi connectivity index (χ1v) is 3.35. The molecule has 0 aromatic rings. The van der Waals surface area contributed by atoms with Crippen LogP contribution < -0.4 is 0 Å². The second-order valence-corrected chi connectivity index (χ2v) is 1.74. The Bertz CT molecular complexity index is 152. The predicted octanol–water partition coefficient (Wildman–Crippen LogP) is 2.26. The largest absolute Gasteiger partial charge is 0.299 e. The molecule has 0 radical (unpaired) electrons. The van der Waals surface area contributed by atoms with Gasteiger partial charge in [0.2, 0.25) is 0 Å². The van der Waals surface area contributed by atoms with Gasteiger partial charge >= 0.3 is 0 Å². The van der Waals surface area contributed by atoms with E-state index in [4.69, 9.17) is 0 Å². The van der Waals surface area contributed by atoms with Crippen molar-refractivity contribution in [2.75, 3.05) is 0 Å². The summed E-state index contributed by atoms with van der Waals surface area (Å²) in [6.45, 7) is 2.08. The Morgan fingerprint density at radius 1 is 1.00 bits per heavy atom. The van der Waals surface area contributed by atoms with Crippen LogP contribution in [0.2, 0.25) is 0 Å². The van der Waals surface area contributed by atoms with Crippen molar-refractivity contribution in [1.82, 2.24) is 0 Å². The first-order valence-electron chi connectivity index (χ1n) is 3.35. The molecule has 0 saturated heterocycles. The maximum Gasteiger partial charge on any atom is 0.142 e. The molecule has 0 aromatic heterocycles. The zero-order valence-electron chi connectivity index (χ0n) is 6.16. The van der Waals surface area contributed by atoms with E-state index in [1.807, 2.05) is 24.3 Å². The topological polar surface area (TPSA) is 17.1 Å². The molecule has 0 N–H and O–H groups in total. The molecule has 0 rings (SSSR count). The average molecular weight is 136 g/mol. The summed E-state index contributed by atoms with van der Waals surface area (Å²) < 4.78 is 0. The summed E-state index contributed by atoms with van der Waals surface area (Å²) in [6.07, 6.45) is 12.7. The number of hydrogen-bond donors (Lipinski definition) is 0. The maximum atomic E-state index is 9.76. The van der Waals surface area contributed by atoms with Crippen LogP contribution in [0.25, 0.3) is 0 Å². The third-order valence-corrected chi connectivity index (χ3v) is 0.895. The van der Waals surface area contributed by atoms with Crippen molar-refractivity contribution in [2.24, 2.45) is 0 Å². The number of carbonyl (C=O) groups is 1. The molecule has 0 aliphatic heterocycles. The van der Waals surface area contributed by atoms with E-state index < -0.39 is 0 Å². The van der Waals surface area contributed by atoms with Gasteiger partial charge in [0, 0.05) is 0 Å². The van der Waals surface area contributed by atoms with Gasteiger partial charge in [-0.15, -0.1) is 0 Å². The SMILES string of the molecule is CC\C=C/C=C\C=C\C=O. The lowest BCUT2D eigenvalue weighted by Crippen LogP contribution is -1.56. The lowest BCUT2D eigenvalue weighted by molar-refractivity contribution is -0.104. The Morgan fingerprint density at radius 3 is 2.20 bits per heavy atom. The Labute approximate surface area is 61.8 Å². The summed E-state index contributed by atoms with van der Waals surface area (Å²) in [6, 6.07) is 0. The molecule has 0 fully saturated rings. The molecule has 0 aliphatic rings. The van der Waals surface area contributed by atoms with Gasteiger partial charge in [-0.25, -0.2) is 0 Å². The van der Waals surface area contributed by atoms with Crippen LogP contribution >= 0.6 is 0 Å². The lowest BCUT2D eigenvalue weighted by Gasteiger charge is -1.72. The number of allylic oxidation sites excluding steroid dienone is 6. The predicted molar refractivity (Wildman–Crippen MR) is 43.8 cm³/mol. The van der Waals surface area contributed by atoms with Crippen molar-refractivity contribution in [2.45, 2.75) is 13.3 Å². The number of aldehydes is 1. The summed E-state index contributed by atoms with van der Waals surface area (Å²) in [7, 11) is 0. The van der Waals surface area contributed by atoms with E-state index in [2.05, 4.69) is 6.92 Å². The minimum absolute atomic E-state index is 0.758. The van der Waals surface area contributed by atoms with Gasteiger partial charge < -0.3 is 0 Å². The van der Waals surface area contributed by atoms with Crippen LogP contribution in [0.4, 0.5) is 0 Å². The van der Waals surface area contributed by atoms with Crippen molar-refractivity contribution in [3.63, 3.8) is 0 Å². The van der Waals surface area contributed by atoms with Crippen molar-refractivity contribution in [3.8, 4) is 0 Å². The van der Waals surface area contributed by atoms with E-state index in [1.54, 1.807) is 6.08 Å². The van der Waals surface area contributed by atoms with Crippen molar-refractivity contribution in [3.05, 3.63) is 36.5 Å². The van der Waals surface area contributed by atoms with E-state index >= 15 is 0 Å². The summed E-state index contributed by atoms with van der Waals surface area (Å²) in [5, 5.41) is 0. The van der Waals surface area contributed by atoms with Crippen LogP contribution in [-0.2, 0) is 4.79 Å². The molecule has 0 saturated carbocycles. The summed E-state index contributed by atoms with van der Waals surface area (Å²) in [5.74, 6) is 0. The highest BCUT2D eigenvalue weighted by molar-refractivity contribution is 5.65. The van der Waals surface area contributed by atoms with Gasteiger partial charge in [0.15, 0.2) is 0 Å². The third kappa shape index (κ3) is 6.89. The molecular weight excluding hydrogens is 124 g/mol. The van der Waals surface area contributed by atoms with Crippen LogP contribution in [0.1, 0.15) is 13.3 Å². The van der Waals surface area contributed by atoms with Crippen LogP contribution in [0.15, 0.2) is 36.5 Å². The van der Waals surface area contributed by atoms with Crippen LogP contribution in [0.5, 0.6) is 0 Å². The van der Waals surface area contributed by atoms with Gasteiger partial charge in [0.05, 0.1) is 0 Å². The summed E-state index contributed by atoms with van der Waals surface area (Å²) >= 11 is 0. The van der Waals surface area contributed by atoms with Gasteiger partial charge in [-0.05, 0) is 12.5 Å². The molecule has 0 heterocycles. The summed E-state index contributed by atoms with van der Waals surface area (Å²) in [5.41, 5.74) is 0. The number of carbonyl (C=O) groups excluding carboxylic acids is 1. The first-order chi connectivity index (χ1) is 4.91. The van der Waals surface area contributed by atoms with E-state index in [-0.39, 0.29) is 0 Å². The highest BCUT2D eigenvalue weighted by Crippen LogP contribution is 1.81. The second kappa shape index (κ2) is 7.89. The van der Waals surface area contributed by atoms with E-state index in [0.717, 1.165) is 12.7 Å². The Morgan fingerprint density at radius 2 is 1.60 bits per heavy atom. The Balaban J connectivity index is 3.46. The molecular formula is C9H12O. The molecule has 0 spiro atoms. The fourth-order valence-electron chi connectivity index (χ4n) is 0.452. The van der Waals surface area contributed by atoms with E-state index in [1.165, 1.54) is 6.08 Å². The Hall–Kier alpha value is -1.11. The van der Waals surface area contributed by atoms with Gasteiger partial charge in [-0.2, -0.15) is 0 Å². The quantitative estimate of drug-likeness (QED) is 0.329. The highest BCUT2D eigenvalue weighted by Gasteiger charge is 1.62. The molecule has 0 atom stereocenters. The van der Waals surface area contributed by atoms with Gasteiger partial charge in [-0.3, -0.25) is 4.79 Å². The van der Waals surface area contributed by atoms with Gasteiger partial charge in [-0.1, -0.05) is 37.3 Å².